The van der Waals surface area contributed by atoms with Crippen LogP contribution in [0.2, 0.25) is 0 Å². The summed E-state index contributed by atoms with van der Waals surface area (Å²) < 4.78 is 12.9. The second-order valence-electron chi connectivity index (χ2n) is 19.1. The van der Waals surface area contributed by atoms with Crippen molar-refractivity contribution in [1.29, 1.82) is 0 Å². The fraction of sp³-hybridized carbons (Fsp3) is 0.889. The SMILES string of the molecule is CCCCCCCCCCCCCC(=O)N[C@@H](CCCCN)C(=O)N[C@H](C(=O)N[C@@H](C)C(=O)N[C@@H](CCCCN)C(=O)N[C@@H](C)B1OC2C[C@@H]3C[C@@H](C3(C)C)[C@]2(C)O1)[C@@H](C)O. The average Bonchev–Trinajstić information content (AvgIpc) is 3.58. The Balaban J connectivity index is 1.51. The molecule has 1 heterocycles. The van der Waals surface area contributed by atoms with Gasteiger partial charge in [-0.2, -0.15) is 0 Å². The smallest absolute Gasteiger partial charge is 0.404 e. The van der Waals surface area contributed by atoms with E-state index in [1.807, 2.05) is 6.92 Å². The second-order valence-corrected chi connectivity index (χ2v) is 19.1. The van der Waals surface area contributed by atoms with Gasteiger partial charge in [0.05, 0.1) is 23.8 Å². The predicted molar refractivity (Wildman–Crippen MR) is 240 cm³/mol. The van der Waals surface area contributed by atoms with E-state index in [2.05, 4.69) is 54.3 Å². The maximum absolute atomic E-state index is 13.7. The van der Waals surface area contributed by atoms with Crippen molar-refractivity contribution >= 4 is 36.7 Å². The Hall–Kier alpha value is -2.79. The third-order valence-electron chi connectivity index (χ3n) is 13.7. The third kappa shape index (κ3) is 15.8. The Morgan fingerprint density at radius 1 is 0.672 bits per heavy atom. The Labute approximate surface area is 367 Å². The number of hydrogen-bond acceptors (Lipinski definition) is 10. The molecule has 4 rings (SSSR count). The van der Waals surface area contributed by atoms with E-state index in [1.165, 1.54) is 58.8 Å². The van der Waals surface area contributed by atoms with Gasteiger partial charge < -0.3 is 52.5 Å². The molecule has 1 unspecified atom stereocenters. The van der Waals surface area contributed by atoms with E-state index in [4.69, 9.17) is 20.8 Å². The van der Waals surface area contributed by atoms with Gasteiger partial charge in [0, 0.05) is 6.42 Å². The number of aliphatic hydroxyl groups excluding tert-OH is 1. The Bertz CT molecular complexity index is 1390. The first-order valence-electron chi connectivity index (χ1n) is 23.9. The number of nitrogens with one attached hydrogen (secondary N) is 5. The number of carbonyl (C=O) groups excluding carboxylic acids is 5. The average molecular weight is 862 g/mol. The first-order chi connectivity index (χ1) is 29.0. The zero-order valence-electron chi connectivity index (χ0n) is 38.8. The number of hydrogen-bond donors (Lipinski definition) is 8. The van der Waals surface area contributed by atoms with E-state index < -0.39 is 72.6 Å². The largest absolute Gasteiger partial charge is 0.481 e. The lowest BCUT2D eigenvalue weighted by Gasteiger charge is -2.64. The van der Waals surface area contributed by atoms with Gasteiger partial charge >= 0.3 is 7.12 Å². The second kappa shape index (κ2) is 26.1. The van der Waals surface area contributed by atoms with Crippen molar-refractivity contribution in [3.05, 3.63) is 0 Å². The number of rotatable bonds is 31. The molecule has 4 fully saturated rings. The predicted octanol–water partition coefficient (Wildman–Crippen LogP) is 4.06. The van der Waals surface area contributed by atoms with Crippen molar-refractivity contribution in [1.82, 2.24) is 26.6 Å². The molecular formula is C45H84BN7O8. The highest BCUT2D eigenvalue weighted by atomic mass is 16.7. The minimum Gasteiger partial charge on any atom is -0.404 e. The lowest BCUT2D eigenvalue weighted by atomic mass is 9.43. The summed E-state index contributed by atoms with van der Waals surface area (Å²) in [7, 11) is -0.636. The van der Waals surface area contributed by atoms with Crippen LogP contribution in [0.15, 0.2) is 0 Å². The van der Waals surface area contributed by atoms with E-state index in [-0.39, 0.29) is 23.8 Å². The van der Waals surface area contributed by atoms with Crippen LogP contribution in [-0.4, -0.2) is 103 Å². The Kier molecular flexibility index (Phi) is 22.5. The van der Waals surface area contributed by atoms with Crippen LogP contribution in [0.5, 0.6) is 0 Å². The van der Waals surface area contributed by atoms with Crippen LogP contribution >= 0.6 is 0 Å². The van der Waals surface area contributed by atoms with Crippen LogP contribution in [0.1, 0.15) is 177 Å². The molecule has 0 spiro atoms. The Morgan fingerprint density at radius 3 is 1.75 bits per heavy atom. The van der Waals surface area contributed by atoms with Crippen LogP contribution < -0.4 is 38.1 Å². The third-order valence-corrected chi connectivity index (χ3v) is 13.7. The number of carbonyl (C=O) groups is 5. The normalized spacial score (nSPS) is 24.2. The highest BCUT2D eigenvalue weighted by molar-refractivity contribution is 6.47. The summed E-state index contributed by atoms with van der Waals surface area (Å²) in [5.41, 5.74) is 11.2. The lowest BCUT2D eigenvalue weighted by Crippen LogP contribution is -2.65. The van der Waals surface area contributed by atoms with Crippen molar-refractivity contribution in [3.8, 4) is 0 Å². The number of unbranched alkanes of at least 4 members (excludes halogenated alkanes) is 12. The monoisotopic (exact) mass is 862 g/mol. The standard InChI is InChI=1S/C45H84BN7O8/c1-8-9-10-11-12-13-14-15-16-17-18-25-38(55)51-34(23-19-21-26-47)42(58)53-39(31(3)54)43(59)49-30(2)40(56)52-35(24-20-22-27-48)41(57)50-32(4)46-60-37-29-33-28-36(44(33,5)6)45(37,7)61-46/h30-37,39,54H,8-29,47-48H2,1-7H3,(H,49,59)(H,50,57)(H,51,55)(H,52,56)(H,53,58)/t30-,31+,32-,33-,34-,35-,36-,37?,39-,45-/m0/s1. The molecule has 10 N–H and O–H groups in total. The van der Waals surface area contributed by atoms with Crippen LogP contribution in [-0.2, 0) is 33.3 Å². The highest BCUT2D eigenvalue weighted by Crippen LogP contribution is 2.65. The molecule has 0 aromatic heterocycles. The molecular weight excluding hydrogens is 777 g/mol. The van der Waals surface area contributed by atoms with Crippen molar-refractivity contribution in [2.45, 2.75) is 225 Å². The highest BCUT2D eigenvalue weighted by Gasteiger charge is 2.68. The van der Waals surface area contributed by atoms with Gasteiger partial charge in [-0.05, 0) is 116 Å². The van der Waals surface area contributed by atoms with Gasteiger partial charge in [-0.15, -0.1) is 0 Å². The number of nitrogens with two attached hydrogens (primary N) is 2. The molecule has 4 aliphatic rings. The van der Waals surface area contributed by atoms with Gasteiger partial charge in [-0.3, -0.25) is 24.0 Å². The molecule has 3 saturated carbocycles. The van der Waals surface area contributed by atoms with Crippen LogP contribution in [0.25, 0.3) is 0 Å². The van der Waals surface area contributed by atoms with E-state index in [0.717, 1.165) is 38.5 Å². The maximum Gasteiger partial charge on any atom is 0.481 e. The summed E-state index contributed by atoms with van der Waals surface area (Å²) in [6.45, 7) is 14.4. The fourth-order valence-electron chi connectivity index (χ4n) is 9.57. The molecule has 1 aliphatic heterocycles. The van der Waals surface area contributed by atoms with Crippen molar-refractivity contribution < 1.29 is 38.4 Å². The van der Waals surface area contributed by atoms with Crippen LogP contribution in [0.4, 0.5) is 0 Å². The zero-order chi connectivity index (χ0) is 45.2. The first kappa shape index (κ1) is 52.6. The number of aliphatic hydroxyl groups is 1. The van der Waals surface area contributed by atoms with Gasteiger partial charge in [-0.1, -0.05) is 85.0 Å². The van der Waals surface area contributed by atoms with Crippen molar-refractivity contribution in [3.63, 3.8) is 0 Å². The quantitative estimate of drug-likeness (QED) is 0.0368. The molecule has 3 aliphatic carbocycles. The van der Waals surface area contributed by atoms with Crippen molar-refractivity contribution in [2.24, 2.45) is 28.7 Å². The summed E-state index contributed by atoms with van der Waals surface area (Å²) in [5.74, 6) is -2.21. The van der Waals surface area contributed by atoms with Gasteiger partial charge in [-0.25, -0.2) is 0 Å². The number of amides is 5. The topological polar surface area (TPSA) is 236 Å². The molecule has 0 aromatic carbocycles. The summed E-state index contributed by atoms with van der Waals surface area (Å²) >= 11 is 0. The zero-order valence-corrected chi connectivity index (χ0v) is 38.8. The molecule has 15 nitrogen and oxygen atoms in total. The Morgan fingerprint density at radius 2 is 1.21 bits per heavy atom. The van der Waals surface area contributed by atoms with E-state index in [1.54, 1.807) is 0 Å². The fourth-order valence-corrected chi connectivity index (χ4v) is 9.57. The molecule has 350 valence electrons. The maximum atomic E-state index is 13.7. The van der Waals surface area contributed by atoms with Gasteiger partial charge in [0.1, 0.15) is 24.2 Å². The molecule has 61 heavy (non-hydrogen) atoms. The summed E-state index contributed by atoms with van der Waals surface area (Å²) in [6, 6.07) is -4.40. The summed E-state index contributed by atoms with van der Waals surface area (Å²) in [5, 5.41) is 24.4. The van der Waals surface area contributed by atoms with Gasteiger partial charge in [0.25, 0.3) is 0 Å². The molecule has 0 aromatic rings. The van der Waals surface area contributed by atoms with Crippen LogP contribution in [0, 0.1) is 17.3 Å². The van der Waals surface area contributed by atoms with Gasteiger partial charge in [0.2, 0.25) is 29.5 Å². The van der Waals surface area contributed by atoms with Gasteiger partial charge in [0.15, 0.2) is 0 Å². The lowest BCUT2D eigenvalue weighted by molar-refractivity contribution is -0.199. The molecule has 10 atom stereocenters. The van der Waals surface area contributed by atoms with Crippen molar-refractivity contribution in [2.75, 3.05) is 13.1 Å². The van der Waals surface area contributed by atoms with Crippen LogP contribution in [0.3, 0.4) is 0 Å². The van der Waals surface area contributed by atoms with E-state index >= 15 is 0 Å². The van der Waals surface area contributed by atoms with E-state index in [9.17, 15) is 29.1 Å². The first-order valence-corrected chi connectivity index (χ1v) is 23.9. The minimum absolute atomic E-state index is 0.0433. The molecule has 1 saturated heterocycles. The molecule has 5 amide bonds. The molecule has 2 bridgehead atoms. The molecule has 0 radical (unpaired) electrons. The summed E-state index contributed by atoms with van der Waals surface area (Å²) in [4.78, 5) is 67.2. The summed E-state index contributed by atoms with van der Waals surface area (Å²) in [6.07, 6.45) is 16.8. The van der Waals surface area contributed by atoms with E-state index in [0.29, 0.717) is 63.5 Å². The molecule has 16 heteroatoms. The minimum atomic E-state index is -1.42.